The van der Waals surface area contributed by atoms with E-state index < -0.39 is 7.82 Å². The van der Waals surface area contributed by atoms with Gasteiger partial charge in [-0.1, -0.05) is 65.2 Å². The van der Waals surface area contributed by atoms with E-state index in [-0.39, 0.29) is 0 Å². The maximum atomic E-state index is 12.3. The molecule has 5 heteroatoms. The summed E-state index contributed by atoms with van der Waals surface area (Å²) in [5.41, 5.74) is 0. The van der Waals surface area contributed by atoms with Crippen molar-refractivity contribution < 1.29 is 18.1 Å². The van der Waals surface area contributed by atoms with Gasteiger partial charge in [0.15, 0.2) is 0 Å². The predicted molar refractivity (Wildman–Crippen MR) is 88.7 cm³/mol. The van der Waals surface area contributed by atoms with Crippen molar-refractivity contribution in [2.24, 2.45) is 0 Å². The molecule has 0 aliphatic rings. The normalized spacial score (nSPS) is 12.0. The molecule has 0 unspecified atom stereocenters. The van der Waals surface area contributed by atoms with Crippen LogP contribution in [0.25, 0.3) is 0 Å². The molecule has 0 saturated carbocycles. The van der Waals surface area contributed by atoms with Crippen LogP contribution in [0.1, 0.15) is 85.0 Å². The third-order valence-corrected chi connectivity index (χ3v) is 4.85. The summed E-state index contributed by atoms with van der Waals surface area (Å²) in [6.07, 6.45) is 11.4. The Morgan fingerprint density at radius 2 is 1.05 bits per heavy atom. The molecule has 4 nitrogen and oxygen atoms in total. The molecule has 0 saturated heterocycles. The zero-order valence-corrected chi connectivity index (χ0v) is 15.2. The molecule has 0 radical (unpaired) electrons. The first-order valence-corrected chi connectivity index (χ1v) is 10.2. The van der Waals surface area contributed by atoms with Gasteiger partial charge in [0.1, 0.15) is 0 Å². The third-order valence-electron chi connectivity index (χ3n) is 3.28. The zero-order valence-electron chi connectivity index (χ0n) is 14.3. The van der Waals surface area contributed by atoms with E-state index >= 15 is 0 Å². The molecule has 0 atom stereocenters. The standard InChI is InChI=1S/C16H35O4P/c1-4-7-9-11-13-15-19-21(17,18-6-3)20-16-14-12-10-8-5-2/h4-16H2,1-3H3. The van der Waals surface area contributed by atoms with Gasteiger partial charge in [-0.05, 0) is 19.8 Å². The fourth-order valence-corrected chi connectivity index (χ4v) is 3.28. The summed E-state index contributed by atoms with van der Waals surface area (Å²) in [6.45, 7) is 7.45. The Hall–Kier alpha value is 0.110. The van der Waals surface area contributed by atoms with Crippen LogP contribution >= 0.6 is 7.82 Å². The maximum absolute atomic E-state index is 12.3. The van der Waals surface area contributed by atoms with Crippen molar-refractivity contribution in [3.05, 3.63) is 0 Å². The minimum atomic E-state index is -3.33. The van der Waals surface area contributed by atoms with Crippen molar-refractivity contribution in [1.29, 1.82) is 0 Å². The Kier molecular flexibility index (Phi) is 15.1. The lowest BCUT2D eigenvalue weighted by Gasteiger charge is -2.17. The molecule has 21 heavy (non-hydrogen) atoms. The Balaban J connectivity index is 3.76. The highest BCUT2D eigenvalue weighted by Gasteiger charge is 2.25. The van der Waals surface area contributed by atoms with Crippen molar-refractivity contribution in [2.75, 3.05) is 19.8 Å². The van der Waals surface area contributed by atoms with Crippen LogP contribution in [0, 0.1) is 0 Å². The third kappa shape index (κ3) is 13.5. The van der Waals surface area contributed by atoms with Gasteiger partial charge in [0.25, 0.3) is 0 Å². The van der Waals surface area contributed by atoms with E-state index in [4.69, 9.17) is 13.6 Å². The van der Waals surface area contributed by atoms with Gasteiger partial charge in [0.2, 0.25) is 0 Å². The number of phosphoric ester groups is 1. The van der Waals surface area contributed by atoms with E-state index in [0.29, 0.717) is 19.8 Å². The van der Waals surface area contributed by atoms with Crippen LogP contribution in [0.4, 0.5) is 0 Å². The van der Waals surface area contributed by atoms with Gasteiger partial charge in [0.05, 0.1) is 19.8 Å². The van der Waals surface area contributed by atoms with Crippen molar-refractivity contribution in [2.45, 2.75) is 85.0 Å². The molecular weight excluding hydrogens is 287 g/mol. The first-order valence-electron chi connectivity index (χ1n) is 8.72. The van der Waals surface area contributed by atoms with Crippen molar-refractivity contribution >= 4 is 7.82 Å². The van der Waals surface area contributed by atoms with E-state index in [1.807, 2.05) is 6.92 Å². The first-order chi connectivity index (χ1) is 10.2. The Bertz CT molecular complexity index is 239. The molecule has 0 aliphatic heterocycles. The average Bonchev–Trinajstić information content (AvgIpc) is 2.47. The number of hydrogen-bond acceptors (Lipinski definition) is 4. The van der Waals surface area contributed by atoms with Crippen LogP contribution in [0.5, 0.6) is 0 Å². The van der Waals surface area contributed by atoms with Crippen LogP contribution in [-0.4, -0.2) is 19.8 Å². The highest BCUT2D eigenvalue weighted by Crippen LogP contribution is 2.49. The summed E-state index contributed by atoms with van der Waals surface area (Å²) in [4.78, 5) is 0. The summed E-state index contributed by atoms with van der Waals surface area (Å²) in [5.74, 6) is 0. The number of unbranched alkanes of at least 4 members (excludes halogenated alkanes) is 8. The summed E-state index contributed by atoms with van der Waals surface area (Å²) < 4.78 is 28.3. The molecule has 0 bridgehead atoms. The van der Waals surface area contributed by atoms with Crippen LogP contribution in [-0.2, 0) is 18.1 Å². The largest absolute Gasteiger partial charge is 0.474 e. The highest BCUT2D eigenvalue weighted by molar-refractivity contribution is 7.48. The van der Waals surface area contributed by atoms with Crippen molar-refractivity contribution in [3.8, 4) is 0 Å². The monoisotopic (exact) mass is 322 g/mol. The Morgan fingerprint density at radius 3 is 1.43 bits per heavy atom. The molecule has 0 aromatic carbocycles. The molecular formula is C16H35O4P. The van der Waals surface area contributed by atoms with Gasteiger partial charge in [0, 0.05) is 0 Å². The molecule has 0 aromatic rings. The van der Waals surface area contributed by atoms with Gasteiger partial charge in [-0.2, -0.15) is 0 Å². The second-order valence-corrected chi connectivity index (χ2v) is 7.03. The lowest BCUT2D eigenvalue weighted by atomic mass is 10.2. The molecule has 0 rings (SSSR count). The van der Waals surface area contributed by atoms with E-state index in [9.17, 15) is 4.57 Å². The number of hydrogen-bond donors (Lipinski definition) is 0. The Morgan fingerprint density at radius 1 is 0.619 bits per heavy atom. The van der Waals surface area contributed by atoms with E-state index in [1.165, 1.54) is 38.5 Å². The van der Waals surface area contributed by atoms with Gasteiger partial charge in [-0.3, -0.25) is 13.6 Å². The van der Waals surface area contributed by atoms with Gasteiger partial charge >= 0.3 is 7.82 Å². The van der Waals surface area contributed by atoms with Crippen molar-refractivity contribution in [3.63, 3.8) is 0 Å². The van der Waals surface area contributed by atoms with Crippen LogP contribution < -0.4 is 0 Å². The Labute approximate surface area is 131 Å². The lowest BCUT2D eigenvalue weighted by molar-refractivity contribution is 0.114. The van der Waals surface area contributed by atoms with Gasteiger partial charge in [-0.25, -0.2) is 4.57 Å². The fraction of sp³-hybridized carbons (Fsp3) is 1.00. The van der Waals surface area contributed by atoms with E-state index in [1.54, 1.807) is 0 Å². The highest BCUT2D eigenvalue weighted by atomic mass is 31.2. The average molecular weight is 322 g/mol. The summed E-state index contributed by atoms with van der Waals surface area (Å²) in [6, 6.07) is 0. The molecule has 0 spiro atoms. The second kappa shape index (κ2) is 15.0. The van der Waals surface area contributed by atoms with Crippen LogP contribution in [0.2, 0.25) is 0 Å². The topological polar surface area (TPSA) is 44.8 Å². The van der Waals surface area contributed by atoms with Crippen molar-refractivity contribution in [1.82, 2.24) is 0 Å². The minimum absolute atomic E-state index is 0.350. The minimum Gasteiger partial charge on any atom is -0.287 e. The number of rotatable bonds is 16. The van der Waals surface area contributed by atoms with Gasteiger partial charge in [-0.15, -0.1) is 0 Å². The molecule has 128 valence electrons. The molecule has 0 aliphatic carbocycles. The SMILES string of the molecule is CCCCCCCOP(=O)(OCC)OCCCCCCC. The fourth-order valence-electron chi connectivity index (χ4n) is 2.03. The number of phosphoric acid groups is 1. The summed E-state index contributed by atoms with van der Waals surface area (Å²) >= 11 is 0. The molecule has 0 fully saturated rings. The molecule has 0 heterocycles. The molecule has 0 amide bonds. The second-order valence-electron chi connectivity index (χ2n) is 5.36. The lowest BCUT2D eigenvalue weighted by Crippen LogP contribution is -2.03. The summed E-state index contributed by atoms with van der Waals surface area (Å²) in [5, 5.41) is 0. The van der Waals surface area contributed by atoms with E-state index in [0.717, 1.165) is 25.7 Å². The smallest absolute Gasteiger partial charge is 0.287 e. The first kappa shape index (κ1) is 21.1. The van der Waals surface area contributed by atoms with E-state index in [2.05, 4.69) is 13.8 Å². The molecule has 0 aromatic heterocycles. The van der Waals surface area contributed by atoms with Gasteiger partial charge < -0.3 is 0 Å². The zero-order chi connectivity index (χ0) is 15.8. The molecule has 0 N–H and O–H groups in total. The predicted octanol–water partition coefficient (Wildman–Crippen LogP) is 6.11. The maximum Gasteiger partial charge on any atom is 0.474 e. The van der Waals surface area contributed by atoms with Crippen LogP contribution in [0.15, 0.2) is 0 Å². The van der Waals surface area contributed by atoms with Crippen LogP contribution in [0.3, 0.4) is 0 Å². The quantitative estimate of drug-likeness (QED) is 0.254. The summed E-state index contributed by atoms with van der Waals surface area (Å²) in [7, 11) is -3.33.